The zero-order chi connectivity index (χ0) is 24.4. The molecular formula is C22H20Cl2N4O4S. The molecule has 1 aromatic carbocycles. The van der Waals surface area contributed by atoms with E-state index in [-0.39, 0.29) is 36.2 Å². The van der Waals surface area contributed by atoms with Crippen LogP contribution in [0.2, 0.25) is 10.3 Å². The Morgan fingerprint density at radius 3 is 1.82 bits per heavy atom. The van der Waals surface area contributed by atoms with Crippen molar-refractivity contribution < 1.29 is 18.0 Å². The Bertz CT molecular complexity index is 1270. The zero-order valence-electron chi connectivity index (χ0n) is 17.9. The lowest BCUT2D eigenvalue weighted by atomic mass is 9.87. The van der Waals surface area contributed by atoms with Gasteiger partial charge in [-0.25, -0.2) is 15.4 Å². The van der Waals surface area contributed by atoms with Gasteiger partial charge < -0.3 is 0 Å². The first kappa shape index (κ1) is 24.6. The number of nitrogens with zero attached hydrogens (tertiary/aromatic N) is 3. The molecule has 2 aromatic heterocycles. The highest BCUT2D eigenvalue weighted by Gasteiger charge is 2.33. The van der Waals surface area contributed by atoms with Gasteiger partial charge in [0.1, 0.15) is 10.3 Å². The van der Waals surface area contributed by atoms with Crippen LogP contribution in [0.1, 0.15) is 47.1 Å². The summed E-state index contributed by atoms with van der Waals surface area (Å²) in [4.78, 5) is 33.3. The summed E-state index contributed by atoms with van der Waals surface area (Å²) in [5, 5.41) is 0.272. The predicted octanol–water partition coefficient (Wildman–Crippen LogP) is 4.26. The molecule has 0 fully saturated rings. The van der Waals surface area contributed by atoms with Gasteiger partial charge >= 0.3 is 0 Å². The van der Waals surface area contributed by atoms with Crippen LogP contribution >= 0.6 is 23.2 Å². The number of aromatic nitrogens is 2. The fourth-order valence-electron chi connectivity index (χ4n) is 2.74. The van der Waals surface area contributed by atoms with Crippen LogP contribution in [0.15, 0.2) is 65.8 Å². The molecule has 8 nitrogen and oxygen atoms in total. The van der Waals surface area contributed by atoms with Crippen LogP contribution in [0, 0.1) is 0 Å². The molecule has 1 N–H and O–H groups in total. The van der Waals surface area contributed by atoms with E-state index < -0.39 is 21.8 Å². The molecule has 0 atom stereocenters. The summed E-state index contributed by atoms with van der Waals surface area (Å²) in [6.45, 7) is 5.96. The van der Waals surface area contributed by atoms with Crippen molar-refractivity contribution in [3.05, 3.63) is 87.9 Å². The number of hydrogen-bond donors (Lipinski definition) is 1. The number of hydrogen-bond acceptors (Lipinski definition) is 6. The number of halogens is 2. The highest BCUT2D eigenvalue weighted by Crippen LogP contribution is 2.25. The summed E-state index contributed by atoms with van der Waals surface area (Å²) in [6.07, 6.45) is 2.28. The Morgan fingerprint density at radius 2 is 1.36 bits per heavy atom. The fourth-order valence-corrected chi connectivity index (χ4v) is 4.18. The van der Waals surface area contributed by atoms with Gasteiger partial charge in [0.15, 0.2) is 0 Å². The number of benzene rings is 1. The van der Waals surface area contributed by atoms with Crippen LogP contribution < -0.4 is 5.43 Å². The molecule has 0 saturated heterocycles. The molecule has 0 aliphatic rings. The van der Waals surface area contributed by atoms with Gasteiger partial charge in [0.25, 0.3) is 21.8 Å². The second-order valence-electron chi connectivity index (χ2n) is 8.03. The number of pyridine rings is 2. The lowest BCUT2D eigenvalue weighted by Gasteiger charge is -2.24. The average molecular weight is 507 g/mol. The lowest BCUT2D eigenvalue weighted by molar-refractivity contribution is 0.0724. The molecule has 33 heavy (non-hydrogen) atoms. The van der Waals surface area contributed by atoms with E-state index in [0.717, 1.165) is 18.0 Å². The standard InChI is InChI=1S/C22H20Cl2N4O4S/c1-22(2,3)16-6-8-17(9-7-16)33(31,32)28(21(30)15-5-11-19(24)26-13-15)27-20(29)14-4-10-18(23)25-12-14/h4-13H,1-3H3,(H,27,29). The maximum absolute atomic E-state index is 13.4. The molecule has 0 unspecified atom stereocenters. The number of rotatable bonds is 4. The van der Waals surface area contributed by atoms with Crippen molar-refractivity contribution in [2.75, 3.05) is 0 Å². The Labute approximate surface area is 201 Å². The third kappa shape index (κ3) is 5.68. The largest absolute Gasteiger partial charge is 0.288 e. The monoisotopic (exact) mass is 506 g/mol. The normalized spacial score (nSPS) is 11.7. The summed E-state index contributed by atoms with van der Waals surface area (Å²) in [6, 6.07) is 11.4. The predicted molar refractivity (Wildman–Crippen MR) is 124 cm³/mol. The molecule has 0 saturated carbocycles. The van der Waals surface area contributed by atoms with E-state index in [9.17, 15) is 18.0 Å². The molecule has 0 bridgehead atoms. The van der Waals surface area contributed by atoms with Crippen LogP contribution in [-0.4, -0.2) is 34.6 Å². The van der Waals surface area contributed by atoms with E-state index in [1.165, 1.54) is 36.4 Å². The zero-order valence-corrected chi connectivity index (χ0v) is 20.2. The molecule has 0 radical (unpaired) electrons. The quantitative estimate of drug-likeness (QED) is 0.418. The number of nitrogens with one attached hydrogen (secondary N) is 1. The van der Waals surface area contributed by atoms with Gasteiger partial charge in [-0.15, -0.1) is 4.41 Å². The maximum Gasteiger partial charge on any atom is 0.288 e. The van der Waals surface area contributed by atoms with Crippen molar-refractivity contribution in [1.82, 2.24) is 19.8 Å². The van der Waals surface area contributed by atoms with Crippen molar-refractivity contribution in [3.63, 3.8) is 0 Å². The van der Waals surface area contributed by atoms with Gasteiger partial charge in [-0.2, -0.15) is 8.42 Å². The summed E-state index contributed by atoms with van der Waals surface area (Å²) in [7, 11) is -4.49. The minimum absolute atomic E-state index is 0.00436. The van der Waals surface area contributed by atoms with Gasteiger partial charge in [-0.1, -0.05) is 56.1 Å². The van der Waals surface area contributed by atoms with Crippen LogP contribution in [0.5, 0.6) is 0 Å². The number of carbonyl (C=O) groups is 2. The van der Waals surface area contributed by atoms with Crippen LogP contribution in [0.3, 0.4) is 0 Å². The number of carbonyl (C=O) groups excluding carboxylic acids is 2. The topological polar surface area (TPSA) is 109 Å². The van der Waals surface area contributed by atoms with E-state index >= 15 is 0 Å². The third-order valence-corrected chi connectivity index (χ3v) is 6.66. The van der Waals surface area contributed by atoms with Crippen molar-refractivity contribution in [3.8, 4) is 0 Å². The number of sulfonamides is 1. The Balaban J connectivity index is 2.02. The van der Waals surface area contributed by atoms with E-state index in [2.05, 4.69) is 15.4 Å². The molecule has 2 heterocycles. The highest BCUT2D eigenvalue weighted by molar-refractivity contribution is 7.89. The maximum atomic E-state index is 13.4. The average Bonchev–Trinajstić information content (AvgIpc) is 2.77. The van der Waals surface area contributed by atoms with E-state index in [0.29, 0.717) is 0 Å². The van der Waals surface area contributed by atoms with Crippen molar-refractivity contribution in [2.24, 2.45) is 0 Å². The molecule has 0 aliphatic heterocycles. The van der Waals surface area contributed by atoms with E-state index in [1.54, 1.807) is 12.1 Å². The first-order chi connectivity index (χ1) is 15.4. The Morgan fingerprint density at radius 1 is 0.848 bits per heavy atom. The van der Waals surface area contributed by atoms with Crippen molar-refractivity contribution in [1.29, 1.82) is 0 Å². The van der Waals surface area contributed by atoms with Gasteiger partial charge in [-0.3, -0.25) is 9.59 Å². The molecule has 3 aromatic rings. The molecular weight excluding hydrogens is 487 g/mol. The van der Waals surface area contributed by atoms with E-state index in [4.69, 9.17) is 23.2 Å². The highest BCUT2D eigenvalue weighted by atomic mass is 35.5. The van der Waals surface area contributed by atoms with Crippen LogP contribution in [0.4, 0.5) is 0 Å². The van der Waals surface area contributed by atoms with Crippen LogP contribution in [0.25, 0.3) is 0 Å². The number of amides is 2. The van der Waals surface area contributed by atoms with Crippen molar-refractivity contribution in [2.45, 2.75) is 31.1 Å². The van der Waals surface area contributed by atoms with E-state index in [1.807, 2.05) is 20.8 Å². The lowest BCUT2D eigenvalue weighted by Crippen LogP contribution is -2.49. The smallest absolute Gasteiger partial charge is 0.267 e. The fraction of sp³-hybridized carbons (Fsp3) is 0.182. The first-order valence-electron chi connectivity index (χ1n) is 9.64. The molecule has 0 aliphatic carbocycles. The minimum atomic E-state index is -4.49. The SMILES string of the molecule is CC(C)(C)c1ccc(S(=O)(=O)N(NC(=O)c2ccc(Cl)nc2)C(=O)c2ccc(Cl)nc2)cc1. The van der Waals surface area contributed by atoms with Crippen molar-refractivity contribution >= 4 is 45.0 Å². The molecule has 2 amide bonds. The number of hydrazine groups is 1. The summed E-state index contributed by atoms with van der Waals surface area (Å²) in [5.74, 6) is -1.89. The second kappa shape index (κ2) is 9.46. The summed E-state index contributed by atoms with van der Waals surface area (Å²) in [5.41, 5.74) is 2.77. The molecule has 0 spiro atoms. The molecule has 11 heteroatoms. The molecule has 172 valence electrons. The van der Waals surface area contributed by atoms with Gasteiger partial charge in [0.05, 0.1) is 16.0 Å². The van der Waals surface area contributed by atoms with Gasteiger partial charge in [-0.05, 0) is 47.4 Å². The van der Waals surface area contributed by atoms with Gasteiger partial charge in [0, 0.05) is 12.4 Å². The van der Waals surface area contributed by atoms with Crippen LogP contribution in [-0.2, 0) is 15.4 Å². The summed E-state index contributed by atoms with van der Waals surface area (Å²) >= 11 is 11.5. The first-order valence-corrected chi connectivity index (χ1v) is 11.8. The minimum Gasteiger partial charge on any atom is -0.267 e. The summed E-state index contributed by atoms with van der Waals surface area (Å²) < 4.78 is 27.1. The Hall–Kier alpha value is -3.01. The van der Waals surface area contributed by atoms with Gasteiger partial charge in [0.2, 0.25) is 0 Å². The molecule has 3 rings (SSSR count). The third-order valence-electron chi connectivity index (χ3n) is 4.61. The second-order valence-corrected chi connectivity index (χ2v) is 10.6. The Kier molecular flexibility index (Phi) is 7.06.